The highest BCUT2D eigenvalue weighted by atomic mass is 19.4. The van der Waals surface area contributed by atoms with Gasteiger partial charge in [-0.25, -0.2) is 0 Å². The highest BCUT2D eigenvalue weighted by Gasteiger charge is 2.55. The van der Waals surface area contributed by atoms with E-state index >= 15 is 0 Å². The van der Waals surface area contributed by atoms with Gasteiger partial charge in [0.15, 0.2) is 0 Å². The van der Waals surface area contributed by atoms with Crippen molar-refractivity contribution in [1.29, 1.82) is 0 Å². The standard InChI is InChI=1S/C19H23F3N2O.C13H18O/c1-12-7-14-3-2-5-18(14,9-12)17(25)24-6-4-16-13(11-24)8-15(10-23-16)19(20,21)22;1-11-7-8-14-13(9-11)10-12-5-3-2-4-6-12/h8,10,12,14H,2-7,9,11H2,1H3;2-6,11,13H,7-10H2,1H3/t;11?,13-/m.0/s1. The Bertz CT molecular complexity index is 1140. The van der Waals surface area contributed by atoms with Gasteiger partial charge in [-0.15, -0.1) is 0 Å². The molecule has 1 amide bonds. The number of ether oxygens (including phenoxy) is 1. The average molecular weight is 543 g/mol. The van der Waals surface area contributed by atoms with Crippen LogP contribution in [0, 0.1) is 23.2 Å². The molecule has 4 unspecified atom stereocenters. The fraction of sp³-hybridized carbons (Fsp3) is 0.625. The topological polar surface area (TPSA) is 42.4 Å². The number of halogens is 3. The monoisotopic (exact) mass is 542 g/mol. The summed E-state index contributed by atoms with van der Waals surface area (Å²) < 4.78 is 44.6. The summed E-state index contributed by atoms with van der Waals surface area (Å²) in [5.41, 5.74) is 1.65. The number of hydrogen-bond acceptors (Lipinski definition) is 3. The van der Waals surface area contributed by atoms with Crippen LogP contribution in [0.15, 0.2) is 42.6 Å². The van der Waals surface area contributed by atoms with Crippen molar-refractivity contribution in [2.24, 2.45) is 23.2 Å². The van der Waals surface area contributed by atoms with E-state index in [0.29, 0.717) is 42.2 Å². The summed E-state index contributed by atoms with van der Waals surface area (Å²) in [5, 5.41) is 0. The van der Waals surface area contributed by atoms with E-state index in [1.807, 2.05) is 0 Å². The Morgan fingerprint density at radius 3 is 2.67 bits per heavy atom. The third kappa shape index (κ3) is 6.34. The summed E-state index contributed by atoms with van der Waals surface area (Å²) in [6, 6.07) is 11.8. The molecular weight excluding hydrogens is 501 g/mol. The molecule has 4 aliphatic rings. The van der Waals surface area contributed by atoms with Crippen molar-refractivity contribution >= 4 is 5.91 Å². The van der Waals surface area contributed by atoms with Crippen molar-refractivity contribution in [2.45, 2.75) is 90.5 Å². The van der Waals surface area contributed by atoms with E-state index in [4.69, 9.17) is 4.74 Å². The van der Waals surface area contributed by atoms with Crippen LogP contribution in [0.1, 0.15) is 81.2 Å². The van der Waals surface area contributed by atoms with Gasteiger partial charge in [0.1, 0.15) is 0 Å². The van der Waals surface area contributed by atoms with Crippen molar-refractivity contribution in [3.63, 3.8) is 0 Å². The maximum Gasteiger partial charge on any atom is 0.417 e. The molecule has 0 N–H and O–H groups in total. The third-order valence-electron chi connectivity index (χ3n) is 9.37. The fourth-order valence-corrected chi connectivity index (χ4v) is 7.48. The average Bonchev–Trinajstić information content (AvgIpc) is 3.45. The van der Waals surface area contributed by atoms with Crippen molar-refractivity contribution in [2.75, 3.05) is 13.2 Å². The number of hydrogen-bond donors (Lipinski definition) is 0. The molecule has 2 aliphatic carbocycles. The maximum atomic E-state index is 13.3. The molecule has 0 radical (unpaired) electrons. The zero-order valence-corrected chi connectivity index (χ0v) is 23.2. The lowest BCUT2D eigenvalue weighted by molar-refractivity contribution is -0.144. The maximum absolute atomic E-state index is 13.3. The van der Waals surface area contributed by atoms with Crippen molar-refractivity contribution in [3.05, 3.63) is 65.0 Å². The lowest BCUT2D eigenvalue weighted by atomic mass is 9.78. The van der Waals surface area contributed by atoms with E-state index in [2.05, 4.69) is 49.2 Å². The molecule has 7 heteroatoms. The minimum absolute atomic E-state index is 0.169. The first-order valence-corrected chi connectivity index (χ1v) is 14.6. The Labute approximate surface area is 230 Å². The molecule has 2 aromatic rings. The number of nitrogens with zero attached hydrogens (tertiary/aromatic N) is 2. The van der Waals surface area contributed by atoms with E-state index in [1.54, 1.807) is 4.90 Å². The summed E-state index contributed by atoms with van der Waals surface area (Å²) in [6.45, 7) is 6.29. The predicted molar refractivity (Wildman–Crippen MR) is 145 cm³/mol. The summed E-state index contributed by atoms with van der Waals surface area (Å²) in [5.74, 6) is 2.01. The molecule has 39 heavy (non-hydrogen) atoms. The van der Waals surface area contributed by atoms with Crippen LogP contribution in [0.2, 0.25) is 0 Å². The number of aromatic nitrogens is 1. The van der Waals surface area contributed by atoms with Crippen LogP contribution in [0.4, 0.5) is 13.2 Å². The smallest absolute Gasteiger partial charge is 0.378 e. The van der Waals surface area contributed by atoms with Gasteiger partial charge in [-0.2, -0.15) is 13.2 Å². The normalized spacial score (nSPS) is 30.2. The number of amides is 1. The molecule has 4 nitrogen and oxygen atoms in total. The number of benzene rings is 1. The lowest BCUT2D eigenvalue weighted by Crippen LogP contribution is -2.46. The Morgan fingerprint density at radius 1 is 1.13 bits per heavy atom. The second kappa shape index (κ2) is 11.6. The van der Waals surface area contributed by atoms with Gasteiger partial charge in [0, 0.05) is 38.0 Å². The van der Waals surface area contributed by atoms with Gasteiger partial charge in [-0.3, -0.25) is 9.78 Å². The Morgan fingerprint density at radius 2 is 1.92 bits per heavy atom. The van der Waals surface area contributed by atoms with E-state index in [9.17, 15) is 18.0 Å². The second-order valence-corrected chi connectivity index (χ2v) is 12.4. The van der Waals surface area contributed by atoms with Gasteiger partial charge in [-0.1, -0.05) is 50.6 Å². The lowest BCUT2D eigenvalue weighted by Gasteiger charge is -2.37. The number of rotatable bonds is 3. The van der Waals surface area contributed by atoms with Gasteiger partial charge in [-0.05, 0) is 79.9 Å². The molecule has 3 fully saturated rings. The van der Waals surface area contributed by atoms with E-state index in [0.717, 1.165) is 57.2 Å². The Balaban J connectivity index is 0.000000186. The number of alkyl halides is 3. The van der Waals surface area contributed by atoms with Crippen molar-refractivity contribution in [1.82, 2.24) is 9.88 Å². The van der Waals surface area contributed by atoms with Crippen LogP contribution in [0.5, 0.6) is 0 Å². The number of carbonyl (C=O) groups is 1. The van der Waals surface area contributed by atoms with Crippen LogP contribution < -0.4 is 0 Å². The predicted octanol–water partition coefficient (Wildman–Crippen LogP) is 7.25. The first-order valence-electron chi connectivity index (χ1n) is 14.6. The van der Waals surface area contributed by atoms with E-state index in [1.165, 1.54) is 24.5 Å². The Kier molecular flexibility index (Phi) is 8.37. The zero-order chi connectivity index (χ0) is 27.6. The molecule has 2 saturated carbocycles. The number of carbonyl (C=O) groups excluding carboxylic acids is 1. The third-order valence-corrected chi connectivity index (χ3v) is 9.37. The second-order valence-electron chi connectivity index (χ2n) is 12.4. The van der Waals surface area contributed by atoms with Crippen LogP contribution >= 0.6 is 0 Å². The zero-order valence-electron chi connectivity index (χ0n) is 23.2. The van der Waals surface area contributed by atoms with Crippen LogP contribution in [-0.4, -0.2) is 35.0 Å². The quantitative estimate of drug-likeness (QED) is 0.410. The summed E-state index contributed by atoms with van der Waals surface area (Å²) in [4.78, 5) is 19.1. The van der Waals surface area contributed by atoms with Crippen LogP contribution in [-0.2, 0) is 35.1 Å². The van der Waals surface area contributed by atoms with Gasteiger partial charge in [0.25, 0.3) is 0 Å². The van der Waals surface area contributed by atoms with Gasteiger partial charge in [0.2, 0.25) is 5.91 Å². The minimum atomic E-state index is -4.40. The fourth-order valence-electron chi connectivity index (χ4n) is 7.48. The van der Waals surface area contributed by atoms with Crippen molar-refractivity contribution in [3.8, 4) is 0 Å². The molecule has 1 saturated heterocycles. The summed E-state index contributed by atoms with van der Waals surface area (Å²) in [6.07, 6.45) is 6.18. The molecule has 212 valence electrons. The molecule has 3 heterocycles. The summed E-state index contributed by atoms with van der Waals surface area (Å²) in [7, 11) is 0. The molecule has 0 bridgehead atoms. The van der Waals surface area contributed by atoms with Crippen LogP contribution in [0.3, 0.4) is 0 Å². The number of fused-ring (bicyclic) bond motifs is 2. The molecular formula is C32H41F3N2O2. The molecule has 6 rings (SSSR count). The van der Waals surface area contributed by atoms with Gasteiger partial charge >= 0.3 is 6.18 Å². The first kappa shape index (κ1) is 28.1. The molecule has 1 aromatic carbocycles. The first-order chi connectivity index (χ1) is 18.6. The largest absolute Gasteiger partial charge is 0.417 e. The Hall–Kier alpha value is -2.41. The molecule has 1 aromatic heterocycles. The molecule has 5 atom stereocenters. The van der Waals surface area contributed by atoms with Crippen LogP contribution in [0.25, 0.3) is 0 Å². The summed E-state index contributed by atoms with van der Waals surface area (Å²) >= 11 is 0. The highest BCUT2D eigenvalue weighted by Crippen LogP contribution is 2.57. The van der Waals surface area contributed by atoms with Crippen molar-refractivity contribution < 1.29 is 22.7 Å². The molecule has 0 spiro atoms. The minimum Gasteiger partial charge on any atom is -0.378 e. The SMILES string of the molecule is CC1CC2CCCC2(C(=O)N2CCc3ncc(C(F)(F)F)cc3C2)C1.CC1CCO[C@H](Cc2ccccc2)C1. The van der Waals surface area contributed by atoms with E-state index in [-0.39, 0.29) is 17.9 Å². The van der Waals surface area contributed by atoms with E-state index < -0.39 is 11.7 Å². The molecule has 2 aliphatic heterocycles. The number of pyridine rings is 1. The highest BCUT2D eigenvalue weighted by molar-refractivity contribution is 5.84. The van der Waals surface area contributed by atoms with Gasteiger partial charge < -0.3 is 9.64 Å². The van der Waals surface area contributed by atoms with Gasteiger partial charge in [0.05, 0.1) is 17.1 Å².